The Labute approximate surface area is 117 Å². The number of carbonyl (C=O) groups excluding carboxylic acids is 1. The lowest BCUT2D eigenvalue weighted by Gasteiger charge is -2.22. The van der Waals surface area contributed by atoms with Gasteiger partial charge in [-0.05, 0) is 28.0 Å². The Morgan fingerprint density at radius 2 is 1.95 bits per heavy atom. The minimum Gasteiger partial charge on any atom is -0.337 e. The fraction of sp³-hybridized carbons (Fsp3) is 0.267. The average molecular weight is 274 g/mol. The van der Waals surface area contributed by atoms with E-state index in [0.29, 0.717) is 26.1 Å². The van der Waals surface area contributed by atoms with Crippen LogP contribution in [0.4, 0.5) is 0 Å². The van der Waals surface area contributed by atoms with Crippen LogP contribution >= 0.6 is 11.3 Å². The molecule has 0 bridgehead atoms. The standard InChI is InChI=1S/C15H18N2OS/c16-7-8-17(11-13-4-2-1-3-5-13)15(18)10-14-6-9-19-12-14/h1-6,9,12H,7-8,10-11,16H2. The molecule has 0 saturated heterocycles. The van der Waals surface area contributed by atoms with Crippen LogP contribution in [0.1, 0.15) is 11.1 Å². The zero-order chi connectivity index (χ0) is 13.5. The molecule has 2 aromatic rings. The van der Waals surface area contributed by atoms with Crippen LogP contribution in [-0.2, 0) is 17.8 Å². The molecule has 100 valence electrons. The first-order chi connectivity index (χ1) is 9.29. The molecule has 19 heavy (non-hydrogen) atoms. The highest BCUT2D eigenvalue weighted by molar-refractivity contribution is 7.07. The van der Waals surface area contributed by atoms with Gasteiger partial charge >= 0.3 is 0 Å². The van der Waals surface area contributed by atoms with Crippen molar-refractivity contribution in [3.8, 4) is 0 Å². The van der Waals surface area contributed by atoms with Gasteiger partial charge in [0.1, 0.15) is 0 Å². The second-order valence-corrected chi connectivity index (χ2v) is 5.18. The second-order valence-electron chi connectivity index (χ2n) is 4.40. The maximum Gasteiger partial charge on any atom is 0.227 e. The monoisotopic (exact) mass is 274 g/mol. The average Bonchev–Trinajstić information content (AvgIpc) is 2.92. The van der Waals surface area contributed by atoms with Crippen LogP contribution in [0.3, 0.4) is 0 Å². The Morgan fingerprint density at radius 1 is 1.16 bits per heavy atom. The molecule has 0 radical (unpaired) electrons. The van der Waals surface area contributed by atoms with Crippen LogP contribution in [-0.4, -0.2) is 23.9 Å². The van der Waals surface area contributed by atoms with Gasteiger partial charge in [0.2, 0.25) is 5.91 Å². The third-order valence-corrected chi connectivity index (χ3v) is 3.64. The molecule has 1 heterocycles. The van der Waals surface area contributed by atoms with E-state index in [-0.39, 0.29) is 5.91 Å². The summed E-state index contributed by atoms with van der Waals surface area (Å²) in [5, 5.41) is 4.01. The largest absolute Gasteiger partial charge is 0.337 e. The highest BCUT2D eigenvalue weighted by atomic mass is 32.1. The van der Waals surface area contributed by atoms with Crippen molar-refractivity contribution in [1.82, 2.24) is 4.90 Å². The van der Waals surface area contributed by atoms with Gasteiger partial charge in [0, 0.05) is 19.6 Å². The Morgan fingerprint density at radius 3 is 2.58 bits per heavy atom. The smallest absolute Gasteiger partial charge is 0.227 e. The van der Waals surface area contributed by atoms with Crippen LogP contribution in [0.25, 0.3) is 0 Å². The predicted octanol–water partition coefficient (Wildman–Crippen LogP) is 2.28. The fourth-order valence-electron chi connectivity index (χ4n) is 1.93. The van der Waals surface area contributed by atoms with Crippen molar-refractivity contribution in [3.05, 3.63) is 58.3 Å². The number of thiophene rings is 1. The lowest BCUT2D eigenvalue weighted by Crippen LogP contribution is -2.35. The third kappa shape index (κ3) is 4.19. The van der Waals surface area contributed by atoms with Gasteiger partial charge in [-0.3, -0.25) is 4.79 Å². The van der Waals surface area contributed by atoms with Crippen LogP contribution in [0.5, 0.6) is 0 Å². The number of nitrogens with two attached hydrogens (primary N) is 1. The van der Waals surface area contributed by atoms with E-state index in [1.165, 1.54) is 0 Å². The summed E-state index contributed by atoms with van der Waals surface area (Å²) >= 11 is 1.62. The van der Waals surface area contributed by atoms with Crippen LogP contribution in [0.2, 0.25) is 0 Å². The first-order valence-corrected chi connectivity index (χ1v) is 7.26. The van der Waals surface area contributed by atoms with Crippen molar-refractivity contribution < 1.29 is 4.79 Å². The van der Waals surface area contributed by atoms with Gasteiger partial charge in [0.25, 0.3) is 0 Å². The Bertz CT molecular complexity index is 496. The summed E-state index contributed by atoms with van der Waals surface area (Å²) in [6.07, 6.45) is 0.455. The molecule has 0 saturated carbocycles. The Hall–Kier alpha value is -1.65. The second kappa shape index (κ2) is 7.07. The number of benzene rings is 1. The molecular formula is C15H18N2OS. The fourth-order valence-corrected chi connectivity index (χ4v) is 2.60. The summed E-state index contributed by atoms with van der Waals surface area (Å²) < 4.78 is 0. The molecule has 0 aliphatic carbocycles. The van der Waals surface area contributed by atoms with Crippen LogP contribution in [0.15, 0.2) is 47.2 Å². The van der Waals surface area contributed by atoms with E-state index < -0.39 is 0 Å². The zero-order valence-electron chi connectivity index (χ0n) is 10.8. The summed E-state index contributed by atoms with van der Waals surface area (Å²) in [4.78, 5) is 14.1. The summed E-state index contributed by atoms with van der Waals surface area (Å²) in [5.41, 5.74) is 7.81. The molecule has 1 aromatic heterocycles. The van der Waals surface area contributed by atoms with Gasteiger partial charge in [0.15, 0.2) is 0 Å². The predicted molar refractivity (Wildman–Crippen MR) is 78.9 cm³/mol. The number of hydrogen-bond acceptors (Lipinski definition) is 3. The molecular weight excluding hydrogens is 256 g/mol. The molecule has 0 atom stereocenters. The van der Waals surface area contributed by atoms with E-state index in [2.05, 4.69) is 0 Å². The summed E-state index contributed by atoms with van der Waals surface area (Å²) in [6.45, 7) is 1.71. The number of amides is 1. The molecule has 0 fully saturated rings. The normalized spacial score (nSPS) is 10.4. The van der Waals surface area contributed by atoms with Gasteiger partial charge in [-0.25, -0.2) is 0 Å². The molecule has 2 N–H and O–H groups in total. The molecule has 4 heteroatoms. The topological polar surface area (TPSA) is 46.3 Å². The zero-order valence-corrected chi connectivity index (χ0v) is 11.6. The molecule has 1 aromatic carbocycles. The molecule has 0 aliphatic heterocycles. The maximum atomic E-state index is 12.3. The van der Waals surface area contributed by atoms with Gasteiger partial charge in [-0.2, -0.15) is 11.3 Å². The van der Waals surface area contributed by atoms with Crippen molar-refractivity contribution >= 4 is 17.2 Å². The first kappa shape index (κ1) is 13.8. The number of hydrogen-bond donors (Lipinski definition) is 1. The highest BCUT2D eigenvalue weighted by Crippen LogP contribution is 2.10. The van der Waals surface area contributed by atoms with E-state index in [4.69, 9.17) is 5.73 Å². The van der Waals surface area contributed by atoms with Crippen molar-refractivity contribution in [1.29, 1.82) is 0 Å². The molecule has 1 amide bonds. The minimum absolute atomic E-state index is 0.132. The highest BCUT2D eigenvalue weighted by Gasteiger charge is 2.13. The van der Waals surface area contributed by atoms with E-state index in [1.807, 2.05) is 52.1 Å². The molecule has 2 rings (SSSR count). The van der Waals surface area contributed by atoms with Gasteiger partial charge in [0.05, 0.1) is 6.42 Å². The quantitative estimate of drug-likeness (QED) is 0.878. The van der Waals surface area contributed by atoms with Crippen molar-refractivity contribution in [2.45, 2.75) is 13.0 Å². The molecule has 3 nitrogen and oxygen atoms in total. The number of nitrogens with zero attached hydrogens (tertiary/aromatic N) is 1. The van der Waals surface area contributed by atoms with Gasteiger partial charge in [-0.1, -0.05) is 30.3 Å². The van der Waals surface area contributed by atoms with E-state index in [9.17, 15) is 4.79 Å². The molecule has 0 unspecified atom stereocenters. The lowest BCUT2D eigenvalue weighted by molar-refractivity contribution is -0.131. The Balaban J connectivity index is 2.00. The Kier molecular flexibility index (Phi) is 5.12. The third-order valence-electron chi connectivity index (χ3n) is 2.90. The van der Waals surface area contributed by atoms with Gasteiger partial charge in [-0.15, -0.1) is 0 Å². The first-order valence-electron chi connectivity index (χ1n) is 6.32. The van der Waals surface area contributed by atoms with Crippen molar-refractivity contribution in [3.63, 3.8) is 0 Å². The van der Waals surface area contributed by atoms with Crippen molar-refractivity contribution in [2.24, 2.45) is 5.73 Å². The van der Waals surface area contributed by atoms with Gasteiger partial charge < -0.3 is 10.6 Å². The van der Waals surface area contributed by atoms with Crippen LogP contribution < -0.4 is 5.73 Å². The molecule has 0 spiro atoms. The SMILES string of the molecule is NCCN(Cc1ccccc1)C(=O)Cc1ccsc1. The van der Waals surface area contributed by atoms with Crippen LogP contribution in [0, 0.1) is 0 Å². The maximum absolute atomic E-state index is 12.3. The summed E-state index contributed by atoms with van der Waals surface area (Å²) in [6, 6.07) is 12.0. The number of rotatable bonds is 6. The van der Waals surface area contributed by atoms with Crippen molar-refractivity contribution in [2.75, 3.05) is 13.1 Å². The number of carbonyl (C=O) groups is 1. The summed E-state index contributed by atoms with van der Waals surface area (Å²) in [5.74, 6) is 0.132. The molecule has 0 aliphatic rings. The lowest BCUT2D eigenvalue weighted by atomic mass is 10.2. The van der Waals surface area contributed by atoms with E-state index in [1.54, 1.807) is 11.3 Å². The summed E-state index contributed by atoms with van der Waals surface area (Å²) in [7, 11) is 0. The van der Waals surface area contributed by atoms with E-state index >= 15 is 0 Å². The minimum atomic E-state index is 0.132. The van der Waals surface area contributed by atoms with E-state index in [0.717, 1.165) is 11.1 Å².